The fourth-order valence-electron chi connectivity index (χ4n) is 1.20. The van der Waals surface area contributed by atoms with Crippen molar-refractivity contribution in [3.05, 3.63) is 20.8 Å². The van der Waals surface area contributed by atoms with E-state index in [-0.39, 0.29) is 0 Å². The molecule has 0 aliphatic rings. The molecule has 2 rings (SSSR count). The Balaban J connectivity index is 2.61. The van der Waals surface area contributed by atoms with Crippen molar-refractivity contribution in [1.29, 1.82) is 5.26 Å². The summed E-state index contributed by atoms with van der Waals surface area (Å²) in [6, 6.07) is 2.17. The maximum absolute atomic E-state index is 8.91. The monoisotopic (exact) mass is 221 g/mol. The van der Waals surface area contributed by atoms with Gasteiger partial charge in [-0.3, -0.25) is 0 Å². The van der Waals surface area contributed by atoms with Gasteiger partial charge in [0.2, 0.25) is 0 Å². The van der Waals surface area contributed by atoms with E-state index in [0.717, 1.165) is 20.5 Å². The summed E-state index contributed by atoms with van der Waals surface area (Å²) in [7, 11) is 0. The molecule has 0 atom stereocenters. The Morgan fingerprint density at radius 3 is 2.71 bits per heavy atom. The molecule has 5 heteroatoms. The Hall–Kier alpha value is -1.25. The maximum atomic E-state index is 8.91. The lowest BCUT2D eigenvalue weighted by atomic mass is 10.2. The van der Waals surface area contributed by atoms with E-state index in [2.05, 4.69) is 16.3 Å². The summed E-state index contributed by atoms with van der Waals surface area (Å²) in [5, 5.41) is 20.6. The number of nitriles is 1. The summed E-state index contributed by atoms with van der Waals surface area (Å²) in [5.41, 5.74) is 1.65. The van der Waals surface area contributed by atoms with Crippen LogP contribution in [-0.2, 0) is 0 Å². The predicted molar refractivity (Wildman–Crippen MR) is 57.4 cm³/mol. The molecule has 0 aromatic carbocycles. The zero-order chi connectivity index (χ0) is 10.1. The smallest absolute Gasteiger partial charge is 0.150 e. The lowest BCUT2D eigenvalue weighted by Gasteiger charge is -1.92. The molecule has 70 valence electrons. The van der Waals surface area contributed by atoms with E-state index >= 15 is 0 Å². The van der Waals surface area contributed by atoms with Crippen molar-refractivity contribution in [3.63, 3.8) is 0 Å². The van der Waals surface area contributed by atoms with Crippen LogP contribution in [0.1, 0.15) is 15.4 Å². The molecule has 0 N–H and O–H groups in total. The highest BCUT2D eigenvalue weighted by molar-refractivity contribution is 7.15. The molecule has 2 aromatic rings. The molecular formula is C9H7N3S2. The second-order valence-electron chi connectivity index (χ2n) is 2.82. The zero-order valence-corrected chi connectivity index (χ0v) is 9.37. The predicted octanol–water partition coefficient (Wildman–Crippen LogP) is 2.76. The first-order valence-corrected chi connectivity index (χ1v) is 5.70. The molecule has 2 aromatic heterocycles. The molecule has 0 bridgehead atoms. The first kappa shape index (κ1) is 9.31. The van der Waals surface area contributed by atoms with E-state index < -0.39 is 0 Å². The Bertz CT molecular complexity index is 504. The number of hydrogen-bond donors (Lipinski definition) is 0. The maximum Gasteiger partial charge on any atom is 0.150 e. The quantitative estimate of drug-likeness (QED) is 0.744. The van der Waals surface area contributed by atoms with E-state index in [0.29, 0.717) is 5.56 Å². The lowest BCUT2D eigenvalue weighted by Crippen LogP contribution is -1.80. The van der Waals surface area contributed by atoms with E-state index in [1.807, 2.05) is 19.2 Å². The van der Waals surface area contributed by atoms with Crippen molar-refractivity contribution in [3.8, 4) is 16.6 Å². The highest BCUT2D eigenvalue weighted by Crippen LogP contribution is 2.33. The Labute approximate surface area is 89.7 Å². The Kier molecular flexibility index (Phi) is 2.32. The van der Waals surface area contributed by atoms with Gasteiger partial charge < -0.3 is 0 Å². The topological polar surface area (TPSA) is 49.6 Å². The standard InChI is InChI=1S/C9H7N3S2/c1-5-8(7(3-10)4-13-5)9-12-11-6(2)14-9/h4H,1-2H3. The largest absolute Gasteiger partial charge is 0.192 e. The summed E-state index contributed by atoms with van der Waals surface area (Å²) in [5.74, 6) is 0. The second-order valence-corrected chi connectivity index (χ2v) is 5.08. The van der Waals surface area contributed by atoms with Crippen molar-refractivity contribution in [2.75, 3.05) is 0 Å². The fourth-order valence-corrected chi connectivity index (χ4v) is 2.86. The molecule has 0 aliphatic heterocycles. The van der Waals surface area contributed by atoms with Gasteiger partial charge in [-0.1, -0.05) is 11.3 Å². The number of aromatic nitrogens is 2. The van der Waals surface area contributed by atoms with Crippen LogP contribution in [0.15, 0.2) is 5.38 Å². The third-order valence-corrected chi connectivity index (χ3v) is 3.60. The van der Waals surface area contributed by atoms with E-state index in [1.165, 1.54) is 11.3 Å². The fraction of sp³-hybridized carbons (Fsp3) is 0.222. The second kappa shape index (κ2) is 3.48. The van der Waals surface area contributed by atoms with E-state index in [4.69, 9.17) is 5.26 Å². The molecule has 0 spiro atoms. The Morgan fingerprint density at radius 1 is 1.36 bits per heavy atom. The SMILES string of the molecule is Cc1nnc(-c2c(C#N)csc2C)s1. The highest BCUT2D eigenvalue weighted by Gasteiger charge is 2.14. The van der Waals surface area contributed by atoms with E-state index in [9.17, 15) is 0 Å². The van der Waals surface area contributed by atoms with Gasteiger partial charge in [-0.15, -0.1) is 21.5 Å². The Morgan fingerprint density at radius 2 is 2.14 bits per heavy atom. The van der Waals surface area contributed by atoms with Crippen LogP contribution in [-0.4, -0.2) is 10.2 Å². The van der Waals surface area contributed by atoms with Crippen molar-refractivity contribution in [1.82, 2.24) is 10.2 Å². The van der Waals surface area contributed by atoms with Crippen molar-refractivity contribution >= 4 is 22.7 Å². The van der Waals surface area contributed by atoms with Gasteiger partial charge in [0.15, 0.2) is 0 Å². The van der Waals surface area contributed by atoms with Crippen LogP contribution in [0.4, 0.5) is 0 Å². The molecule has 0 unspecified atom stereocenters. The van der Waals surface area contributed by atoms with Crippen LogP contribution < -0.4 is 0 Å². The minimum absolute atomic E-state index is 0.698. The van der Waals surface area contributed by atoms with Crippen LogP contribution in [0, 0.1) is 25.2 Å². The number of rotatable bonds is 1. The summed E-state index contributed by atoms with van der Waals surface area (Å²) >= 11 is 3.10. The summed E-state index contributed by atoms with van der Waals surface area (Å²) < 4.78 is 0. The normalized spacial score (nSPS) is 10.1. The molecule has 14 heavy (non-hydrogen) atoms. The molecular weight excluding hydrogens is 214 g/mol. The highest BCUT2D eigenvalue weighted by atomic mass is 32.1. The molecule has 0 radical (unpaired) electrons. The van der Waals surface area contributed by atoms with Crippen LogP contribution in [0.25, 0.3) is 10.6 Å². The minimum Gasteiger partial charge on any atom is -0.192 e. The van der Waals surface area contributed by atoms with Crippen LogP contribution >= 0.6 is 22.7 Å². The number of hydrogen-bond acceptors (Lipinski definition) is 5. The molecule has 0 fully saturated rings. The van der Waals surface area contributed by atoms with Gasteiger partial charge in [-0.2, -0.15) is 5.26 Å². The van der Waals surface area contributed by atoms with Gasteiger partial charge in [0.05, 0.1) is 5.56 Å². The molecule has 0 aliphatic carbocycles. The lowest BCUT2D eigenvalue weighted by molar-refractivity contribution is 1.05. The van der Waals surface area contributed by atoms with Crippen molar-refractivity contribution in [2.45, 2.75) is 13.8 Å². The number of thiophene rings is 1. The van der Waals surface area contributed by atoms with Gasteiger partial charge in [0.1, 0.15) is 16.1 Å². The first-order valence-electron chi connectivity index (χ1n) is 4.01. The van der Waals surface area contributed by atoms with Gasteiger partial charge in [-0.05, 0) is 13.8 Å². The van der Waals surface area contributed by atoms with E-state index in [1.54, 1.807) is 11.3 Å². The van der Waals surface area contributed by atoms with Gasteiger partial charge >= 0.3 is 0 Å². The molecule has 0 saturated carbocycles. The molecule has 0 saturated heterocycles. The third kappa shape index (κ3) is 1.43. The molecule has 2 heterocycles. The van der Waals surface area contributed by atoms with Crippen molar-refractivity contribution in [2.24, 2.45) is 0 Å². The molecule has 0 amide bonds. The van der Waals surface area contributed by atoms with Gasteiger partial charge in [0, 0.05) is 15.8 Å². The average molecular weight is 221 g/mol. The average Bonchev–Trinajstić information content (AvgIpc) is 2.71. The number of nitrogens with zero attached hydrogens (tertiary/aromatic N) is 3. The summed E-state index contributed by atoms with van der Waals surface area (Å²) in [6.45, 7) is 3.91. The minimum atomic E-state index is 0.698. The zero-order valence-electron chi connectivity index (χ0n) is 7.74. The van der Waals surface area contributed by atoms with Crippen LogP contribution in [0.2, 0.25) is 0 Å². The third-order valence-electron chi connectivity index (χ3n) is 1.84. The molecule has 3 nitrogen and oxygen atoms in total. The first-order chi connectivity index (χ1) is 6.72. The summed E-state index contributed by atoms with van der Waals surface area (Å²) in [6.07, 6.45) is 0. The van der Waals surface area contributed by atoms with Crippen LogP contribution in [0.3, 0.4) is 0 Å². The van der Waals surface area contributed by atoms with Crippen LogP contribution in [0.5, 0.6) is 0 Å². The number of aryl methyl sites for hydroxylation is 2. The van der Waals surface area contributed by atoms with Gasteiger partial charge in [0.25, 0.3) is 0 Å². The summed E-state index contributed by atoms with van der Waals surface area (Å²) in [4.78, 5) is 1.12. The van der Waals surface area contributed by atoms with Crippen molar-refractivity contribution < 1.29 is 0 Å². The van der Waals surface area contributed by atoms with Gasteiger partial charge in [-0.25, -0.2) is 0 Å².